The minimum absolute atomic E-state index is 0.0813. The van der Waals surface area contributed by atoms with Gasteiger partial charge in [-0.25, -0.2) is 0 Å². The summed E-state index contributed by atoms with van der Waals surface area (Å²) in [5.41, 5.74) is 4.80. The lowest BCUT2D eigenvalue weighted by Crippen LogP contribution is -2.27. The Morgan fingerprint density at radius 3 is 2.39 bits per heavy atom. The smallest absolute Gasteiger partial charge is 0.255 e. The second-order valence-electron chi connectivity index (χ2n) is 7.50. The van der Waals surface area contributed by atoms with Gasteiger partial charge in [0.15, 0.2) is 0 Å². The zero-order chi connectivity index (χ0) is 21.8. The molecule has 6 heteroatoms. The largest absolute Gasteiger partial charge is 0.467 e. The lowest BCUT2D eigenvalue weighted by Gasteiger charge is -2.23. The van der Waals surface area contributed by atoms with E-state index in [2.05, 4.69) is 31.3 Å². The fourth-order valence-corrected chi connectivity index (χ4v) is 5.05. The first-order valence-electron chi connectivity index (χ1n) is 10.6. The SMILES string of the molecule is CCc1cccc(CC)c1NC(=O)c1ccc([C@H]2SCC(=O)N2Cc2ccco2)cc1. The Labute approximate surface area is 186 Å². The van der Waals surface area contributed by atoms with Crippen LogP contribution < -0.4 is 5.32 Å². The summed E-state index contributed by atoms with van der Waals surface area (Å²) < 4.78 is 5.42. The predicted molar refractivity (Wildman–Crippen MR) is 124 cm³/mol. The molecule has 5 nitrogen and oxygen atoms in total. The molecule has 1 fully saturated rings. The van der Waals surface area contributed by atoms with Gasteiger partial charge >= 0.3 is 0 Å². The maximum Gasteiger partial charge on any atom is 0.255 e. The Morgan fingerprint density at radius 1 is 1.06 bits per heavy atom. The van der Waals surface area contributed by atoms with Crippen LogP contribution in [0.4, 0.5) is 5.69 Å². The molecule has 0 aliphatic carbocycles. The van der Waals surface area contributed by atoms with Crippen LogP contribution in [-0.4, -0.2) is 22.5 Å². The maximum atomic E-state index is 12.9. The third kappa shape index (κ3) is 4.54. The number of thioether (sulfide) groups is 1. The molecular weight excluding hydrogens is 408 g/mol. The maximum absolute atomic E-state index is 12.9. The van der Waals surface area contributed by atoms with Crippen LogP contribution in [0.5, 0.6) is 0 Å². The van der Waals surface area contributed by atoms with Gasteiger partial charge in [-0.3, -0.25) is 9.59 Å². The number of hydrogen-bond acceptors (Lipinski definition) is 4. The Morgan fingerprint density at radius 2 is 1.77 bits per heavy atom. The average molecular weight is 435 g/mol. The molecule has 2 amide bonds. The van der Waals surface area contributed by atoms with Crippen LogP contribution in [0.15, 0.2) is 65.3 Å². The average Bonchev–Trinajstić information content (AvgIpc) is 3.44. The number of nitrogens with zero attached hydrogens (tertiary/aromatic N) is 1. The van der Waals surface area contributed by atoms with Gasteiger partial charge in [-0.15, -0.1) is 11.8 Å². The number of amides is 2. The molecule has 0 unspecified atom stereocenters. The molecule has 0 saturated carbocycles. The van der Waals surface area contributed by atoms with Crippen molar-refractivity contribution in [1.29, 1.82) is 0 Å². The highest BCUT2D eigenvalue weighted by Gasteiger charge is 2.33. The summed E-state index contributed by atoms with van der Waals surface area (Å²) in [6.45, 7) is 4.63. The third-order valence-corrected chi connectivity index (χ3v) is 6.83. The summed E-state index contributed by atoms with van der Waals surface area (Å²) in [5.74, 6) is 1.18. The number of anilines is 1. The van der Waals surface area contributed by atoms with E-state index in [1.165, 1.54) is 0 Å². The number of hydrogen-bond donors (Lipinski definition) is 1. The molecule has 1 aliphatic rings. The second-order valence-corrected chi connectivity index (χ2v) is 8.57. The van der Waals surface area contributed by atoms with Crippen LogP contribution in [0.3, 0.4) is 0 Å². The molecule has 1 aliphatic heterocycles. The zero-order valence-electron chi connectivity index (χ0n) is 17.8. The molecule has 31 heavy (non-hydrogen) atoms. The van der Waals surface area contributed by atoms with Crippen molar-refractivity contribution < 1.29 is 14.0 Å². The van der Waals surface area contributed by atoms with Gasteiger partial charge in [0.2, 0.25) is 5.91 Å². The van der Waals surface area contributed by atoms with Gasteiger partial charge in [-0.1, -0.05) is 44.2 Å². The molecule has 4 rings (SSSR count). The van der Waals surface area contributed by atoms with E-state index in [1.54, 1.807) is 18.0 Å². The first kappa shape index (κ1) is 21.2. The molecule has 1 saturated heterocycles. The molecule has 0 bridgehead atoms. The fraction of sp³-hybridized carbons (Fsp3) is 0.280. The second kappa shape index (κ2) is 9.43. The van der Waals surface area contributed by atoms with Crippen molar-refractivity contribution in [2.75, 3.05) is 11.1 Å². The van der Waals surface area contributed by atoms with Gasteiger partial charge in [0, 0.05) is 11.3 Å². The van der Waals surface area contributed by atoms with E-state index < -0.39 is 0 Å². The van der Waals surface area contributed by atoms with Crippen LogP contribution in [0, 0.1) is 0 Å². The van der Waals surface area contributed by atoms with Crippen molar-refractivity contribution >= 4 is 29.3 Å². The molecule has 1 N–H and O–H groups in total. The fourth-order valence-electron chi connectivity index (χ4n) is 3.86. The number of nitrogens with one attached hydrogen (secondary N) is 1. The first-order valence-corrected chi connectivity index (χ1v) is 11.6. The molecule has 1 atom stereocenters. The predicted octanol–water partition coefficient (Wildman–Crippen LogP) is 5.43. The first-order chi connectivity index (χ1) is 15.1. The quantitative estimate of drug-likeness (QED) is 0.539. The lowest BCUT2D eigenvalue weighted by molar-refractivity contribution is -0.128. The Balaban J connectivity index is 1.50. The summed E-state index contributed by atoms with van der Waals surface area (Å²) in [6, 6.07) is 17.4. The number of furan rings is 1. The highest BCUT2D eigenvalue weighted by Crippen LogP contribution is 2.39. The van der Waals surface area contributed by atoms with Crippen molar-refractivity contribution in [1.82, 2.24) is 4.90 Å². The highest BCUT2D eigenvalue weighted by molar-refractivity contribution is 8.00. The Kier molecular flexibility index (Phi) is 6.47. The highest BCUT2D eigenvalue weighted by atomic mass is 32.2. The van der Waals surface area contributed by atoms with Gasteiger partial charge in [0.1, 0.15) is 11.1 Å². The van der Waals surface area contributed by atoms with Crippen LogP contribution in [0.25, 0.3) is 0 Å². The van der Waals surface area contributed by atoms with E-state index in [-0.39, 0.29) is 17.2 Å². The Hall–Kier alpha value is -2.99. The van der Waals surface area contributed by atoms with Crippen molar-refractivity contribution in [2.24, 2.45) is 0 Å². The summed E-state index contributed by atoms with van der Waals surface area (Å²) in [7, 11) is 0. The third-order valence-electron chi connectivity index (χ3n) is 5.57. The van der Waals surface area contributed by atoms with E-state index in [4.69, 9.17) is 4.42 Å². The van der Waals surface area contributed by atoms with Crippen LogP contribution >= 0.6 is 11.8 Å². The molecule has 160 valence electrons. The standard InChI is InChI=1S/C25H26N2O3S/c1-3-17-7-5-8-18(4-2)23(17)26-24(29)19-10-12-20(13-11-19)25-27(22(28)16-31-25)15-21-9-6-14-30-21/h5-14,25H,3-4,15-16H2,1-2H3,(H,26,29)/t25-/m1/s1. The molecule has 0 radical (unpaired) electrons. The van der Waals surface area contributed by atoms with Crippen molar-refractivity contribution in [3.63, 3.8) is 0 Å². The Bertz CT molecular complexity index is 1040. The number of carbonyl (C=O) groups is 2. The molecule has 0 spiro atoms. The van der Waals surface area contributed by atoms with Gasteiger partial charge in [-0.05, 0) is 53.8 Å². The van der Waals surface area contributed by atoms with Crippen LogP contribution in [0.1, 0.15) is 52.0 Å². The van der Waals surface area contributed by atoms with Crippen LogP contribution in [0.2, 0.25) is 0 Å². The van der Waals surface area contributed by atoms with Crippen LogP contribution in [-0.2, 0) is 24.2 Å². The number of rotatable bonds is 7. The molecule has 3 aromatic rings. The van der Waals surface area contributed by atoms with Gasteiger partial charge in [-0.2, -0.15) is 0 Å². The molecule has 1 aromatic heterocycles. The van der Waals surface area contributed by atoms with E-state index >= 15 is 0 Å². The van der Waals surface area contributed by atoms with Crippen molar-refractivity contribution in [3.05, 3.63) is 88.9 Å². The minimum atomic E-state index is -0.121. The monoisotopic (exact) mass is 434 g/mol. The van der Waals surface area contributed by atoms with Gasteiger partial charge in [0.05, 0.1) is 18.6 Å². The summed E-state index contributed by atoms with van der Waals surface area (Å²) in [6.07, 6.45) is 3.34. The number of aryl methyl sites for hydroxylation is 2. The van der Waals surface area contributed by atoms with E-state index in [0.29, 0.717) is 17.9 Å². The van der Waals surface area contributed by atoms with Crippen molar-refractivity contribution in [3.8, 4) is 0 Å². The summed E-state index contributed by atoms with van der Waals surface area (Å²) in [4.78, 5) is 27.1. The normalized spacial score (nSPS) is 16.0. The lowest BCUT2D eigenvalue weighted by atomic mass is 10.0. The number of para-hydroxylation sites is 1. The van der Waals surface area contributed by atoms with Crippen molar-refractivity contribution in [2.45, 2.75) is 38.6 Å². The van der Waals surface area contributed by atoms with E-state index in [1.807, 2.05) is 47.4 Å². The topological polar surface area (TPSA) is 62.6 Å². The van der Waals surface area contributed by atoms with E-state index in [0.717, 1.165) is 41.0 Å². The molecular formula is C25H26N2O3S. The van der Waals surface area contributed by atoms with E-state index in [9.17, 15) is 9.59 Å². The summed E-state index contributed by atoms with van der Waals surface area (Å²) in [5, 5.41) is 3.03. The zero-order valence-corrected chi connectivity index (χ0v) is 18.6. The van der Waals surface area contributed by atoms with Gasteiger partial charge < -0.3 is 14.6 Å². The summed E-state index contributed by atoms with van der Waals surface area (Å²) >= 11 is 1.59. The number of carbonyl (C=O) groups excluding carboxylic acids is 2. The van der Waals surface area contributed by atoms with Gasteiger partial charge in [0.25, 0.3) is 5.91 Å². The molecule has 2 aromatic carbocycles. The number of benzene rings is 2. The molecule has 2 heterocycles. The minimum Gasteiger partial charge on any atom is -0.467 e.